The molecule has 158 valence electrons. The monoisotopic (exact) mass is 416 g/mol. The fourth-order valence-electron chi connectivity index (χ4n) is 3.51. The zero-order valence-corrected chi connectivity index (χ0v) is 18.9. The number of thiazole rings is 1. The lowest BCUT2D eigenvalue weighted by Gasteiger charge is -2.32. The molecule has 1 saturated heterocycles. The highest BCUT2D eigenvalue weighted by Gasteiger charge is 2.25. The van der Waals surface area contributed by atoms with Gasteiger partial charge in [-0.3, -0.25) is 4.79 Å². The Kier molecular flexibility index (Phi) is 6.93. The third-order valence-electron chi connectivity index (χ3n) is 5.24. The second-order valence-corrected chi connectivity index (χ2v) is 9.74. The highest BCUT2D eigenvalue weighted by atomic mass is 32.1. The van der Waals surface area contributed by atoms with Gasteiger partial charge in [0.1, 0.15) is 5.75 Å². The van der Waals surface area contributed by atoms with Gasteiger partial charge in [-0.25, -0.2) is 4.98 Å². The van der Waals surface area contributed by atoms with Crippen molar-refractivity contribution in [3.8, 4) is 5.75 Å². The number of carbonyl (C=O) groups excluding carboxylic acids is 1. The molecule has 3 rings (SSSR count). The first-order chi connectivity index (χ1) is 13.8. The number of methoxy groups -OCH3 is 1. The molecule has 29 heavy (non-hydrogen) atoms. The van der Waals surface area contributed by atoms with Crippen LogP contribution in [0.5, 0.6) is 5.75 Å². The summed E-state index contributed by atoms with van der Waals surface area (Å²) in [5.41, 5.74) is 2.16. The number of amides is 1. The lowest BCUT2D eigenvalue weighted by Crippen LogP contribution is -2.50. The lowest BCUT2D eigenvalue weighted by molar-refractivity contribution is -0.117. The lowest BCUT2D eigenvalue weighted by atomic mass is 9.90. The SMILES string of the molecule is COc1ccc(Cc2sc(NC(=O)CC3CNCCN3C)nc2C(C)(C)C)cc1. The van der Waals surface area contributed by atoms with E-state index in [1.54, 1.807) is 18.4 Å². The summed E-state index contributed by atoms with van der Waals surface area (Å²) < 4.78 is 5.25. The Labute approximate surface area is 177 Å². The summed E-state index contributed by atoms with van der Waals surface area (Å²) in [5.74, 6) is 0.875. The third kappa shape index (κ3) is 5.78. The molecule has 1 aromatic heterocycles. The number of benzene rings is 1. The zero-order chi connectivity index (χ0) is 21.0. The van der Waals surface area contributed by atoms with E-state index in [0.29, 0.717) is 11.6 Å². The Morgan fingerprint density at radius 1 is 1.34 bits per heavy atom. The molecule has 1 amide bonds. The maximum atomic E-state index is 12.6. The first kappa shape index (κ1) is 21.7. The molecule has 1 fully saturated rings. The highest BCUT2D eigenvalue weighted by molar-refractivity contribution is 7.15. The van der Waals surface area contributed by atoms with Crippen molar-refractivity contribution in [2.75, 3.05) is 39.1 Å². The van der Waals surface area contributed by atoms with E-state index in [1.807, 2.05) is 12.1 Å². The van der Waals surface area contributed by atoms with Crippen molar-refractivity contribution in [3.05, 3.63) is 40.4 Å². The van der Waals surface area contributed by atoms with Gasteiger partial charge in [-0.2, -0.15) is 0 Å². The van der Waals surface area contributed by atoms with E-state index in [9.17, 15) is 4.79 Å². The number of nitrogens with zero attached hydrogens (tertiary/aromatic N) is 2. The van der Waals surface area contributed by atoms with E-state index in [4.69, 9.17) is 9.72 Å². The van der Waals surface area contributed by atoms with Crippen molar-refractivity contribution in [1.82, 2.24) is 15.2 Å². The van der Waals surface area contributed by atoms with E-state index < -0.39 is 0 Å². The quantitative estimate of drug-likeness (QED) is 0.757. The van der Waals surface area contributed by atoms with Crippen molar-refractivity contribution in [2.45, 2.75) is 45.1 Å². The van der Waals surface area contributed by atoms with E-state index in [-0.39, 0.29) is 17.4 Å². The molecule has 0 radical (unpaired) electrons. The molecule has 0 saturated carbocycles. The number of carbonyl (C=O) groups is 1. The van der Waals surface area contributed by atoms with Gasteiger partial charge in [0.2, 0.25) is 5.91 Å². The maximum Gasteiger partial charge on any atom is 0.227 e. The molecule has 1 aromatic carbocycles. The Morgan fingerprint density at radius 3 is 2.69 bits per heavy atom. The average molecular weight is 417 g/mol. The van der Waals surface area contributed by atoms with E-state index in [2.05, 4.69) is 55.5 Å². The molecular weight excluding hydrogens is 384 g/mol. The molecule has 1 atom stereocenters. The summed E-state index contributed by atoms with van der Waals surface area (Å²) in [4.78, 5) is 20.8. The number of ether oxygens (including phenoxy) is 1. The van der Waals surface area contributed by atoms with Crippen LogP contribution in [0.25, 0.3) is 0 Å². The number of rotatable bonds is 6. The average Bonchev–Trinajstić information content (AvgIpc) is 3.07. The summed E-state index contributed by atoms with van der Waals surface area (Å²) >= 11 is 1.58. The first-order valence-corrected chi connectivity index (χ1v) is 10.9. The first-order valence-electron chi connectivity index (χ1n) is 10.1. The molecule has 1 aliphatic rings. The topological polar surface area (TPSA) is 66.5 Å². The van der Waals surface area contributed by atoms with Crippen LogP contribution in [0, 0.1) is 0 Å². The van der Waals surface area contributed by atoms with E-state index in [0.717, 1.165) is 37.5 Å². The number of piperazine rings is 1. The molecule has 2 N–H and O–H groups in total. The summed E-state index contributed by atoms with van der Waals surface area (Å²) in [6, 6.07) is 8.34. The molecule has 1 aliphatic heterocycles. The molecule has 7 heteroatoms. The number of likely N-dealkylation sites (N-methyl/N-ethyl adjacent to an activating group) is 1. The van der Waals surface area contributed by atoms with Crippen LogP contribution in [0.3, 0.4) is 0 Å². The van der Waals surface area contributed by atoms with Crippen LogP contribution in [0.15, 0.2) is 24.3 Å². The smallest absolute Gasteiger partial charge is 0.227 e. The van der Waals surface area contributed by atoms with Crippen LogP contribution >= 0.6 is 11.3 Å². The maximum absolute atomic E-state index is 12.6. The van der Waals surface area contributed by atoms with Crippen LogP contribution in [-0.4, -0.2) is 55.6 Å². The largest absolute Gasteiger partial charge is 0.497 e. The van der Waals surface area contributed by atoms with Crippen molar-refractivity contribution < 1.29 is 9.53 Å². The van der Waals surface area contributed by atoms with Gasteiger partial charge in [0.05, 0.1) is 12.8 Å². The Bertz CT molecular complexity index is 826. The fraction of sp³-hybridized carbons (Fsp3) is 0.545. The van der Waals surface area contributed by atoms with Crippen LogP contribution in [0.2, 0.25) is 0 Å². The Balaban J connectivity index is 1.73. The van der Waals surface area contributed by atoms with Gasteiger partial charge >= 0.3 is 0 Å². The minimum atomic E-state index is -0.0885. The molecule has 0 bridgehead atoms. The minimum absolute atomic E-state index is 0.0238. The van der Waals surface area contributed by atoms with Crippen LogP contribution in [-0.2, 0) is 16.6 Å². The van der Waals surface area contributed by atoms with Crippen molar-refractivity contribution >= 4 is 22.4 Å². The van der Waals surface area contributed by atoms with Crippen LogP contribution in [0.1, 0.15) is 43.3 Å². The summed E-state index contributed by atoms with van der Waals surface area (Å²) in [7, 11) is 3.75. The standard InChI is InChI=1S/C22H32N4O2S/c1-22(2,3)20-18(12-15-6-8-17(28-5)9-7-15)29-21(25-20)24-19(27)13-16-14-23-10-11-26(16)4/h6-9,16,23H,10-14H2,1-5H3,(H,24,25,27). The van der Waals surface area contributed by atoms with Crippen LogP contribution < -0.4 is 15.4 Å². The van der Waals surface area contributed by atoms with Gasteiger partial charge in [0.25, 0.3) is 0 Å². The van der Waals surface area contributed by atoms with Gasteiger partial charge in [0.15, 0.2) is 5.13 Å². The highest BCUT2D eigenvalue weighted by Crippen LogP contribution is 2.34. The van der Waals surface area contributed by atoms with Gasteiger partial charge in [-0.05, 0) is 24.7 Å². The summed E-state index contributed by atoms with van der Waals surface area (Å²) in [6.45, 7) is 9.27. The fourth-order valence-corrected chi connectivity index (χ4v) is 4.74. The Hall–Kier alpha value is -1.96. The van der Waals surface area contributed by atoms with Crippen molar-refractivity contribution in [3.63, 3.8) is 0 Å². The molecule has 1 unspecified atom stereocenters. The minimum Gasteiger partial charge on any atom is -0.497 e. The van der Waals surface area contributed by atoms with Crippen molar-refractivity contribution in [1.29, 1.82) is 0 Å². The number of nitrogens with one attached hydrogen (secondary N) is 2. The molecule has 2 heterocycles. The second-order valence-electron chi connectivity index (χ2n) is 8.66. The number of anilines is 1. The molecule has 0 spiro atoms. The Morgan fingerprint density at radius 2 is 2.07 bits per heavy atom. The normalized spacial score (nSPS) is 17.9. The number of hydrogen-bond acceptors (Lipinski definition) is 6. The molecule has 2 aromatic rings. The van der Waals surface area contributed by atoms with E-state index in [1.165, 1.54) is 10.4 Å². The molecule has 0 aliphatic carbocycles. The zero-order valence-electron chi connectivity index (χ0n) is 18.0. The van der Waals surface area contributed by atoms with E-state index >= 15 is 0 Å². The molecular formula is C22H32N4O2S. The van der Waals surface area contributed by atoms with Crippen molar-refractivity contribution in [2.24, 2.45) is 0 Å². The van der Waals surface area contributed by atoms with Gasteiger partial charge in [-0.1, -0.05) is 32.9 Å². The summed E-state index contributed by atoms with van der Waals surface area (Å²) in [6.07, 6.45) is 1.27. The van der Waals surface area contributed by atoms with Gasteiger partial charge in [0, 0.05) is 48.8 Å². The van der Waals surface area contributed by atoms with Gasteiger partial charge in [-0.15, -0.1) is 11.3 Å². The predicted molar refractivity (Wildman–Crippen MR) is 119 cm³/mol. The molecule has 6 nitrogen and oxygen atoms in total. The van der Waals surface area contributed by atoms with Gasteiger partial charge < -0.3 is 20.3 Å². The summed E-state index contributed by atoms with van der Waals surface area (Å²) in [5, 5.41) is 7.09. The van der Waals surface area contributed by atoms with Crippen LogP contribution in [0.4, 0.5) is 5.13 Å². The number of hydrogen-bond donors (Lipinski definition) is 2. The number of aromatic nitrogens is 1. The predicted octanol–water partition coefficient (Wildman–Crippen LogP) is 3.27. The second kappa shape index (κ2) is 9.24. The third-order valence-corrected chi connectivity index (χ3v) is 6.21.